The highest BCUT2D eigenvalue weighted by molar-refractivity contribution is 7.98. The average molecular weight is 334 g/mol. The molecule has 1 atom stereocenters. The van der Waals surface area contributed by atoms with Crippen molar-refractivity contribution in [2.45, 2.75) is 17.4 Å². The summed E-state index contributed by atoms with van der Waals surface area (Å²) in [4.78, 5) is 10.9. The summed E-state index contributed by atoms with van der Waals surface area (Å²) in [7, 11) is -3.97. The van der Waals surface area contributed by atoms with Crippen LogP contribution in [0.3, 0.4) is 0 Å². The first-order valence-corrected chi connectivity index (χ1v) is 8.86. The van der Waals surface area contributed by atoms with Crippen molar-refractivity contribution in [2.75, 3.05) is 23.9 Å². The highest BCUT2D eigenvalue weighted by Crippen LogP contribution is 2.21. The summed E-state index contributed by atoms with van der Waals surface area (Å²) in [5.41, 5.74) is -1.02. The molecular formula is C12H18N2O5S2. The van der Waals surface area contributed by atoms with E-state index in [1.165, 1.54) is 23.9 Å². The van der Waals surface area contributed by atoms with Gasteiger partial charge in [-0.25, -0.2) is 18.4 Å². The number of benzene rings is 1. The molecule has 0 saturated heterocycles. The van der Waals surface area contributed by atoms with E-state index in [0.29, 0.717) is 5.75 Å². The molecule has 0 aliphatic heterocycles. The van der Waals surface area contributed by atoms with Crippen LogP contribution in [0.4, 0.5) is 5.69 Å². The minimum absolute atomic E-state index is 0.128. The van der Waals surface area contributed by atoms with E-state index in [-0.39, 0.29) is 22.7 Å². The molecule has 118 valence electrons. The zero-order valence-corrected chi connectivity index (χ0v) is 13.3. The Balaban J connectivity index is 3.06. The van der Waals surface area contributed by atoms with Gasteiger partial charge in [-0.2, -0.15) is 11.8 Å². The number of carboxylic acids is 1. The molecule has 5 N–H and O–H groups in total. The summed E-state index contributed by atoms with van der Waals surface area (Å²) >= 11 is 1.46. The van der Waals surface area contributed by atoms with Crippen LogP contribution in [-0.2, 0) is 10.0 Å². The van der Waals surface area contributed by atoms with Crippen molar-refractivity contribution in [3.8, 4) is 0 Å². The summed E-state index contributed by atoms with van der Waals surface area (Å²) in [6.07, 6.45) is 1.85. The Kier molecular flexibility index (Phi) is 5.62. The topological polar surface area (TPSA) is 130 Å². The number of hydrogen-bond acceptors (Lipinski definition) is 6. The lowest BCUT2D eigenvalue weighted by Gasteiger charge is -2.23. The Labute approximate surface area is 127 Å². The van der Waals surface area contributed by atoms with Crippen LogP contribution < -0.4 is 10.5 Å². The van der Waals surface area contributed by atoms with Crippen molar-refractivity contribution in [3.05, 3.63) is 23.8 Å². The van der Waals surface area contributed by atoms with Gasteiger partial charge in [-0.15, -0.1) is 0 Å². The molecule has 0 spiro atoms. The summed E-state index contributed by atoms with van der Waals surface area (Å²) in [5, 5.41) is 27.0. The molecule has 0 aromatic heterocycles. The first kappa shape index (κ1) is 17.8. The van der Waals surface area contributed by atoms with Gasteiger partial charge in [0.05, 0.1) is 16.1 Å². The number of carbonyl (C=O) groups is 1. The highest BCUT2D eigenvalue weighted by Gasteiger charge is 2.21. The van der Waals surface area contributed by atoms with Crippen molar-refractivity contribution in [1.29, 1.82) is 0 Å². The second kappa shape index (κ2) is 6.65. The first-order valence-electron chi connectivity index (χ1n) is 5.92. The summed E-state index contributed by atoms with van der Waals surface area (Å²) in [6, 6.07) is 3.52. The fraction of sp³-hybridized carbons (Fsp3) is 0.417. The molecule has 0 aliphatic carbocycles. The second-order valence-corrected chi connectivity index (χ2v) is 7.27. The fourth-order valence-corrected chi connectivity index (χ4v) is 2.94. The molecule has 0 aliphatic rings. The minimum Gasteiger partial charge on any atom is -0.478 e. The molecule has 7 nitrogen and oxygen atoms in total. The van der Waals surface area contributed by atoms with Gasteiger partial charge in [0, 0.05) is 18.0 Å². The Morgan fingerprint density at radius 2 is 2.10 bits per heavy atom. The summed E-state index contributed by atoms with van der Waals surface area (Å²) in [6.45, 7) is 1.75. The van der Waals surface area contributed by atoms with E-state index in [2.05, 4.69) is 5.32 Å². The zero-order valence-electron chi connectivity index (χ0n) is 11.7. The lowest BCUT2D eigenvalue weighted by molar-refractivity contribution is 0.0696. The normalized spacial score (nSPS) is 14.5. The minimum atomic E-state index is -3.97. The fourth-order valence-electron chi connectivity index (χ4n) is 1.68. The number of hydrogen-bond donors (Lipinski definition) is 4. The van der Waals surface area contributed by atoms with E-state index in [1.807, 2.05) is 6.26 Å². The molecule has 1 aromatic carbocycles. The Morgan fingerprint density at radius 1 is 1.48 bits per heavy atom. The van der Waals surface area contributed by atoms with E-state index in [4.69, 9.17) is 10.2 Å². The van der Waals surface area contributed by atoms with Crippen molar-refractivity contribution in [3.63, 3.8) is 0 Å². The molecular weight excluding hydrogens is 316 g/mol. The van der Waals surface area contributed by atoms with E-state index in [9.17, 15) is 18.3 Å². The van der Waals surface area contributed by atoms with Crippen LogP contribution in [0.1, 0.15) is 17.3 Å². The molecule has 0 bridgehead atoms. The van der Waals surface area contributed by atoms with Crippen LogP contribution in [0, 0.1) is 0 Å². The maximum absolute atomic E-state index is 11.2. The van der Waals surface area contributed by atoms with Crippen molar-refractivity contribution < 1.29 is 23.4 Å². The van der Waals surface area contributed by atoms with E-state index in [0.717, 1.165) is 6.07 Å². The van der Waals surface area contributed by atoms with Crippen LogP contribution in [0.5, 0.6) is 0 Å². The largest absolute Gasteiger partial charge is 0.478 e. The number of nitrogens with one attached hydrogen (secondary N) is 1. The Bertz CT molecular complexity index is 629. The molecule has 1 rings (SSSR count). The molecule has 0 heterocycles. The number of rotatable bonds is 7. The summed E-state index contributed by atoms with van der Waals surface area (Å²) in [5.74, 6) is -0.815. The highest BCUT2D eigenvalue weighted by atomic mass is 32.2. The Morgan fingerprint density at radius 3 is 2.57 bits per heavy atom. The van der Waals surface area contributed by atoms with Crippen LogP contribution in [0.15, 0.2) is 23.1 Å². The molecule has 9 heteroatoms. The zero-order chi connectivity index (χ0) is 16.3. The van der Waals surface area contributed by atoms with Crippen molar-refractivity contribution >= 4 is 33.4 Å². The van der Waals surface area contributed by atoms with Gasteiger partial charge in [0.2, 0.25) is 10.0 Å². The number of aliphatic hydroxyl groups is 1. The maximum atomic E-state index is 11.2. The lowest BCUT2D eigenvalue weighted by atomic mass is 10.1. The van der Waals surface area contributed by atoms with E-state index in [1.54, 1.807) is 6.92 Å². The maximum Gasteiger partial charge on any atom is 0.337 e. The van der Waals surface area contributed by atoms with Crippen LogP contribution in [-0.4, -0.2) is 48.8 Å². The smallest absolute Gasteiger partial charge is 0.337 e. The number of nitrogens with two attached hydrogens (primary N) is 1. The van der Waals surface area contributed by atoms with Crippen LogP contribution in [0.2, 0.25) is 0 Å². The van der Waals surface area contributed by atoms with Gasteiger partial charge in [0.25, 0.3) is 0 Å². The second-order valence-electron chi connectivity index (χ2n) is 4.84. The van der Waals surface area contributed by atoms with Crippen molar-refractivity contribution in [1.82, 2.24) is 0 Å². The first-order chi connectivity index (χ1) is 9.57. The molecule has 0 radical (unpaired) electrons. The predicted molar refractivity (Wildman–Crippen MR) is 82.3 cm³/mol. The third-order valence-corrected chi connectivity index (χ3v) is 4.49. The Hall–Kier alpha value is -1.29. The van der Waals surface area contributed by atoms with Gasteiger partial charge < -0.3 is 15.5 Å². The molecule has 21 heavy (non-hydrogen) atoms. The quantitative estimate of drug-likeness (QED) is 0.573. The van der Waals surface area contributed by atoms with Gasteiger partial charge in [0.1, 0.15) is 0 Å². The van der Waals surface area contributed by atoms with E-state index < -0.39 is 21.6 Å². The standard InChI is InChI=1S/C12H18N2O5S2/c1-12(17,7-20-2)6-14-10-4-3-8(21(13,18)19)5-9(10)11(15)16/h3-5,14,17H,6-7H2,1-2H3,(H,15,16)(H2,13,18,19). The molecule has 1 unspecified atom stereocenters. The van der Waals surface area contributed by atoms with Gasteiger partial charge in [-0.05, 0) is 31.4 Å². The third-order valence-electron chi connectivity index (χ3n) is 2.66. The number of sulfonamides is 1. The van der Waals surface area contributed by atoms with Crippen LogP contribution >= 0.6 is 11.8 Å². The predicted octanol–water partition coefficient (Wildman–Crippen LogP) is 0.558. The van der Waals surface area contributed by atoms with Crippen molar-refractivity contribution in [2.24, 2.45) is 5.14 Å². The number of thioether (sulfide) groups is 1. The molecule has 0 fully saturated rings. The lowest BCUT2D eigenvalue weighted by Crippen LogP contribution is -2.36. The van der Waals surface area contributed by atoms with Gasteiger partial charge >= 0.3 is 5.97 Å². The van der Waals surface area contributed by atoms with Crippen LogP contribution in [0.25, 0.3) is 0 Å². The number of aromatic carboxylic acids is 1. The van der Waals surface area contributed by atoms with Gasteiger partial charge in [-0.3, -0.25) is 0 Å². The van der Waals surface area contributed by atoms with Gasteiger partial charge in [-0.1, -0.05) is 0 Å². The number of carboxylic acid groups (broad SMARTS) is 1. The molecule has 0 amide bonds. The van der Waals surface area contributed by atoms with Gasteiger partial charge in [0.15, 0.2) is 0 Å². The number of anilines is 1. The number of primary sulfonamides is 1. The van der Waals surface area contributed by atoms with E-state index >= 15 is 0 Å². The monoisotopic (exact) mass is 334 g/mol. The third kappa shape index (κ3) is 5.20. The summed E-state index contributed by atoms with van der Waals surface area (Å²) < 4.78 is 22.5. The molecule has 0 saturated carbocycles. The average Bonchev–Trinajstić information content (AvgIpc) is 2.35. The SMILES string of the molecule is CSCC(C)(O)CNc1ccc(S(N)(=O)=O)cc1C(=O)O. The molecule has 1 aromatic rings.